The lowest BCUT2D eigenvalue weighted by molar-refractivity contribution is -0.174. The van der Waals surface area contributed by atoms with Crippen LogP contribution in [0.1, 0.15) is 71.8 Å². The third-order valence-corrected chi connectivity index (χ3v) is 9.98. The Morgan fingerprint density at radius 3 is 2.47 bits per heavy atom. The van der Waals surface area contributed by atoms with E-state index in [2.05, 4.69) is 19.2 Å². The van der Waals surface area contributed by atoms with Crippen LogP contribution in [0.15, 0.2) is 41.5 Å². The predicted molar refractivity (Wildman–Crippen MR) is 138 cm³/mol. The highest BCUT2D eigenvalue weighted by atomic mass is 19.4. The maximum absolute atomic E-state index is 13.2. The van der Waals surface area contributed by atoms with Gasteiger partial charge >= 0.3 is 18.1 Å². The Labute approximate surface area is 223 Å². The first-order valence-electron chi connectivity index (χ1n) is 13.7. The SMILES string of the molecule is CC(=O)OC[C@H]1C[C@@H](C)CC[C@]1(C)[C@H]1CCC2=C(C[C@@H](O)[C@@]2(C)c2ccccc2)[C@@H]1CNC(=O)C(F)(F)F. The van der Waals surface area contributed by atoms with Gasteiger partial charge in [0.25, 0.3) is 0 Å². The molecule has 1 fully saturated rings. The van der Waals surface area contributed by atoms with Crippen molar-refractivity contribution in [3.05, 3.63) is 47.0 Å². The van der Waals surface area contributed by atoms with Gasteiger partial charge in [0, 0.05) is 24.8 Å². The average Bonchev–Trinajstić information content (AvgIpc) is 3.13. The monoisotopic (exact) mass is 535 g/mol. The summed E-state index contributed by atoms with van der Waals surface area (Å²) < 4.78 is 45.0. The van der Waals surface area contributed by atoms with E-state index in [1.165, 1.54) is 6.92 Å². The largest absolute Gasteiger partial charge is 0.471 e. The predicted octanol–water partition coefficient (Wildman–Crippen LogP) is 5.72. The number of amides is 1. The van der Waals surface area contributed by atoms with Crippen molar-refractivity contribution in [2.45, 2.75) is 83.9 Å². The molecule has 1 aromatic carbocycles. The van der Waals surface area contributed by atoms with Crippen LogP contribution >= 0.6 is 0 Å². The molecule has 3 aliphatic rings. The molecule has 8 heteroatoms. The van der Waals surface area contributed by atoms with E-state index in [9.17, 15) is 27.9 Å². The molecule has 2 N–H and O–H groups in total. The number of nitrogens with one attached hydrogen (secondary N) is 1. The van der Waals surface area contributed by atoms with E-state index < -0.39 is 23.6 Å². The van der Waals surface area contributed by atoms with Crippen molar-refractivity contribution in [2.24, 2.45) is 29.1 Å². The highest BCUT2D eigenvalue weighted by Crippen LogP contribution is 2.60. The lowest BCUT2D eigenvalue weighted by atomic mass is 9.52. The molecule has 1 aromatic rings. The van der Waals surface area contributed by atoms with Gasteiger partial charge in [0.15, 0.2) is 0 Å². The number of hydrogen-bond donors (Lipinski definition) is 2. The van der Waals surface area contributed by atoms with E-state index in [0.29, 0.717) is 12.3 Å². The van der Waals surface area contributed by atoms with Gasteiger partial charge in [-0.2, -0.15) is 13.2 Å². The zero-order valence-electron chi connectivity index (χ0n) is 22.7. The van der Waals surface area contributed by atoms with E-state index in [-0.39, 0.29) is 42.3 Å². The molecule has 38 heavy (non-hydrogen) atoms. The molecule has 0 radical (unpaired) electrons. The molecule has 5 nitrogen and oxygen atoms in total. The molecule has 1 saturated carbocycles. The molecular formula is C30H40F3NO4. The summed E-state index contributed by atoms with van der Waals surface area (Å²) in [7, 11) is 0. The van der Waals surface area contributed by atoms with Crippen LogP contribution in [-0.4, -0.2) is 42.4 Å². The highest BCUT2D eigenvalue weighted by Gasteiger charge is 2.55. The number of ether oxygens (including phenoxy) is 1. The Morgan fingerprint density at radius 1 is 1.16 bits per heavy atom. The first kappa shape index (κ1) is 28.7. The van der Waals surface area contributed by atoms with Gasteiger partial charge in [0.2, 0.25) is 0 Å². The number of aliphatic hydroxyl groups is 1. The molecule has 0 heterocycles. The van der Waals surface area contributed by atoms with Crippen molar-refractivity contribution >= 4 is 11.9 Å². The van der Waals surface area contributed by atoms with E-state index >= 15 is 0 Å². The Morgan fingerprint density at radius 2 is 1.84 bits per heavy atom. The van der Waals surface area contributed by atoms with Crippen molar-refractivity contribution in [3.8, 4) is 0 Å². The fourth-order valence-electron chi connectivity index (χ4n) is 7.72. The molecule has 3 aliphatic carbocycles. The number of benzene rings is 1. The van der Waals surface area contributed by atoms with Gasteiger partial charge < -0.3 is 15.2 Å². The molecule has 0 spiro atoms. The van der Waals surface area contributed by atoms with E-state index in [1.807, 2.05) is 37.3 Å². The average molecular weight is 536 g/mol. The number of esters is 1. The topological polar surface area (TPSA) is 75.6 Å². The minimum Gasteiger partial charge on any atom is -0.466 e. The van der Waals surface area contributed by atoms with Crippen molar-refractivity contribution in [1.82, 2.24) is 5.32 Å². The van der Waals surface area contributed by atoms with Gasteiger partial charge in [0.05, 0.1) is 12.7 Å². The summed E-state index contributed by atoms with van der Waals surface area (Å²) in [6, 6.07) is 9.77. The third-order valence-electron chi connectivity index (χ3n) is 9.98. The molecule has 0 aliphatic heterocycles. The maximum Gasteiger partial charge on any atom is 0.471 e. The van der Waals surface area contributed by atoms with E-state index in [4.69, 9.17) is 4.74 Å². The molecular weight excluding hydrogens is 495 g/mol. The van der Waals surface area contributed by atoms with Crippen molar-refractivity contribution < 1.29 is 32.6 Å². The first-order valence-corrected chi connectivity index (χ1v) is 13.7. The van der Waals surface area contributed by atoms with Gasteiger partial charge in [-0.15, -0.1) is 0 Å². The fourth-order valence-corrected chi connectivity index (χ4v) is 7.72. The molecule has 4 rings (SSSR count). The molecule has 0 aromatic heterocycles. The standard InChI is InChI=1S/C30H40F3NO4/c1-18-12-13-28(3,21(14-18)17-38-19(2)35)24-10-11-25-22(23(24)16-34-27(37)30(31,32)33)15-26(36)29(25,4)20-8-6-5-7-9-20/h5-9,18,21,23-24,26,36H,10-17H2,1-4H3,(H,34,37)/t18-,21+,23-,24-,26+,28-,29-/m0/s1. The molecule has 7 atom stereocenters. The lowest BCUT2D eigenvalue weighted by Gasteiger charge is -2.53. The second kappa shape index (κ2) is 10.7. The summed E-state index contributed by atoms with van der Waals surface area (Å²) in [6.45, 7) is 7.93. The van der Waals surface area contributed by atoms with Gasteiger partial charge in [0.1, 0.15) is 0 Å². The smallest absolute Gasteiger partial charge is 0.466 e. The second-order valence-electron chi connectivity index (χ2n) is 12.1. The van der Waals surface area contributed by atoms with Crippen LogP contribution < -0.4 is 5.32 Å². The summed E-state index contributed by atoms with van der Waals surface area (Å²) in [6.07, 6.45) is -1.10. The number of alkyl halides is 3. The summed E-state index contributed by atoms with van der Waals surface area (Å²) in [5.41, 5.74) is 2.13. The highest BCUT2D eigenvalue weighted by molar-refractivity contribution is 5.81. The van der Waals surface area contributed by atoms with Gasteiger partial charge in [-0.25, -0.2) is 0 Å². The first-order chi connectivity index (χ1) is 17.8. The second-order valence-corrected chi connectivity index (χ2v) is 12.1. The van der Waals surface area contributed by atoms with Crippen LogP contribution in [0.4, 0.5) is 13.2 Å². The van der Waals surface area contributed by atoms with Crippen LogP contribution in [0.25, 0.3) is 0 Å². The van der Waals surface area contributed by atoms with Gasteiger partial charge in [-0.3, -0.25) is 9.59 Å². The van der Waals surface area contributed by atoms with Crippen molar-refractivity contribution in [2.75, 3.05) is 13.2 Å². The fraction of sp³-hybridized carbons (Fsp3) is 0.667. The number of carbonyl (C=O) groups excluding carboxylic acids is 2. The van der Waals surface area contributed by atoms with Crippen LogP contribution in [0.2, 0.25) is 0 Å². The Bertz CT molecular complexity index is 1070. The quantitative estimate of drug-likeness (QED) is 0.361. The minimum absolute atomic E-state index is 0.0202. The normalized spacial score (nSPS) is 35.5. The Hall–Kier alpha value is -2.35. The van der Waals surface area contributed by atoms with E-state index in [1.54, 1.807) is 0 Å². The minimum atomic E-state index is -4.96. The third kappa shape index (κ3) is 5.25. The molecule has 0 bridgehead atoms. The number of rotatable bonds is 6. The number of halogens is 3. The molecule has 210 valence electrons. The summed E-state index contributed by atoms with van der Waals surface area (Å²) in [5.74, 6) is -2.12. The number of aliphatic hydroxyl groups excluding tert-OH is 1. The summed E-state index contributed by atoms with van der Waals surface area (Å²) in [5, 5.41) is 13.6. The molecule has 0 unspecified atom stereocenters. The lowest BCUT2D eigenvalue weighted by Crippen LogP contribution is -2.50. The molecule has 1 amide bonds. The summed E-state index contributed by atoms with van der Waals surface area (Å²) >= 11 is 0. The van der Waals surface area contributed by atoms with Crippen LogP contribution in [0, 0.1) is 29.1 Å². The summed E-state index contributed by atoms with van der Waals surface area (Å²) in [4.78, 5) is 23.6. The maximum atomic E-state index is 13.2. The van der Waals surface area contributed by atoms with E-state index in [0.717, 1.165) is 48.8 Å². The van der Waals surface area contributed by atoms with Crippen LogP contribution in [-0.2, 0) is 19.7 Å². The number of hydrogen-bond acceptors (Lipinski definition) is 4. The van der Waals surface area contributed by atoms with Crippen LogP contribution in [0.3, 0.4) is 0 Å². The molecule has 0 saturated heterocycles. The number of carbonyl (C=O) groups is 2. The van der Waals surface area contributed by atoms with Crippen molar-refractivity contribution in [1.29, 1.82) is 0 Å². The van der Waals surface area contributed by atoms with Crippen molar-refractivity contribution in [3.63, 3.8) is 0 Å². The van der Waals surface area contributed by atoms with Gasteiger partial charge in [-0.05, 0) is 67.8 Å². The Kier molecular flexibility index (Phi) is 8.04. The Balaban J connectivity index is 1.74. The zero-order valence-corrected chi connectivity index (χ0v) is 22.7. The zero-order chi connectivity index (χ0) is 27.9. The van der Waals surface area contributed by atoms with Crippen LogP contribution in [0.5, 0.6) is 0 Å². The van der Waals surface area contributed by atoms with Gasteiger partial charge in [-0.1, -0.05) is 61.7 Å².